The molecule has 142 valence electrons. The first-order valence-corrected chi connectivity index (χ1v) is 8.12. The second-order valence-electron chi connectivity index (χ2n) is 6.52. The van der Waals surface area contributed by atoms with Gasteiger partial charge in [-0.25, -0.2) is 4.79 Å². The van der Waals surface area contributed by atoms with E-state index in [0.717, 1.165) is 5.56 Å². The summed E-state index contributed by atoms with van der Waals surface area (Å²) < 4.78 is 40.8. The third-order valence-corrected chi connectivity index (χ3v) is 3.92. The Kier molecular flexibility index (Phi) is 5.58. The van der Waals surface area contributed by atoms with Gasteiger partial charge >= 0.3 is 12.2 Å². The Morgan fingerprint density at radius 2 is 1.85 bits per heavy atom. The molecule has 1 saturated heterocycles. The van der Waals surface area contributed by atoms with Crippen molar-refractivity contribution in [3.05, 3.63) is 35.9 Å². The van der Waals surface area contributed by atoms with Gasteiger partial charge < -0.3 is 5.32 Å². The molecule has 26 heavy (non-hydrogen) atoms. The Morgan fingerprint density at radius 1 is 1.23 bits per heavy atom. The maximum absolute atomic E-state index is 13.6. The van der Waals surface area contributed by atoms with E-state index in [2.05, 4.69) is 0 Å². The van der Waals surface area contributed by atoms with Crippen LogP contribution in [0, 0.1) is 5.92 Å². The van der Waals surface area contributed by atoms with E-state index < -0.39 is 29.7 Å². The molecule has 0 radical (unpaired) electrons. The molecular formula is C17H20F3N3O3. The van der Waals surface area contributed by atoms with Gasteiger partial charge in [0.1, 0.15) is 0 Å². The summed E-state index contributed by atoms with van der Waals surface area (Å²) in [6.07, 6.45) is -5.17. The molecule has 1 atom stereocenters. The van der Waals surface area contributed by atoms with Crippen molar-refractivity contribution >= 4 is 17.8 Å². The molecule has 2 N–H and O–H groups in total. The van der Waals surface area contributed by atoms with Crippen LogP contribution in [0.4, 0.5) is 18.0 Å². The molecule has 2 rings (SSSR count). The molecule has 0 spiro atoms. The first-order valence-electron chi connectivity index (χ1n) is 8.12. The second-order valence-corrected chi connectivity index (χ2v) is 6.52. The number of benzene rings is 1. The van der Waals surface area contributed by atoms with Crippen molar-refractivity contribution < 1.29 is 27.6 Å². The molecule has 1 aromatic carbocycles. The van der Waals surface area contributed by atoms with Crippen LogP contribution in [0.25, 0.3) is 0 Å². The summed E-state index contributed by atoms with van der Waals surface area (Å²) in [7, 11) is 0. The number of amides is 4. The number of hydrogen-bond donors (Lipinski definition) is 2. The minimum absolute atomic E-state index is 0.202. The molecule has 1 aliphatic rings. The summed E-state index contributed by atoms with van der Waals surface area (Å²) in [6, 6.07) is 7.55. The van der Waals surface area contributed by atoms with E-state index in [4.69, 9.17) is 0 Å². The maximum Gasteiger partial charge on any atom is 0.440 e. The van der Waals surface area contributed by atoms with Crippen molar-refractivity contribution in [2.24, 2.45) is 5.92 Å². The van der Waals surface area contributed by atoms with Crippen LogP contribution in [0.1, 0.15) is 25.8 Å². The molecule has 4 amide bonds. The lowest BCUT2D eigenvalue weighted by Gasteiger charge is -2.30. The number of rotatable bonds is 6. The molecule has 0 aromatic heterocycles. The number of alkyl halides is 3. The van der Waals surface area contributed by atoms with Gasteiger partial charge in [-0.15, -0.1) is 0 Å². The number of halogens is 3. The van der Waals surface area contributed by atoms with E-state index >= 15 is 0 Å². The zero-order chi connectivity index (χ0) is 19.5. The third kappa shape index (κ3) is 3.97. The van der Waals surface area contributed by atoms with Crippen LogP contribution >= 0.6 is 0 Å². The summed E-state index contributed by atoms with van der Waals surface area (Å²) in [5.41, 5.74) is -2.66. The number of carbonyl (C=O) groups excluding carboxylic acids is 3. The molecule has 0 bridgehead atoms. The summed E-state index contributed by atoms with van der Waals surface area (Å²) in [6.45, 7) is 3.08. The summed E-state index contributed by atoms with van der Waals surface area (Å²) in [4.78, 5) is 36.8. The third-order valence-electron chi connectivity index (χ3n) is 3.92. The molecule has 1 aromatic rings. The fourth-order valence-electron chi connectivity index (χ4n) is 2.64. The number of urea groups is 1. The standard InChI is InChI=1S/C17H20F3N3O3/c1-11(2)10-13(24)21-16(17(18,19)20)14(25)23(15(26)22-16)9-8-12-6-4-3-5-7-12/h3-7,11H,8-10H2,1-2H3,(H,21,24)(H,22,26). The number of nitrogens with one attached hydrogen (secondary N) is 2. The quantitative estimate of drug-likeness (QED) is 0.753. The molecule has 1 fully saturated rings. The van der Waals surface area contributed by atoms with E-state index in [9.17, 15) is 27.6 Å². The van der Waals surface area contributed by atoms with Crippen LogP contribution in [-0.4, -0.2) is 41.1 Å². The van der Waals surface area contributed by atoms with Crippen molar-refractivity contribution in [1.29, 1.82) is 0 Å². The molecule has 1 aliphatic heterocycles. The van der Waals surface area contributed by atoms with Gasteiger partial charge in [-0.2, -0.15) is 13.2 Å². The SMILES string of the molecule is CC(C)CC(=O)NC1(C(F)(F)F)NC(=O)N(CCc2ccccc2)C1=O. The van der Waals surface area contributed by atoms with E-state index in [0.29, 0.717) is 4.90 Å². The van der Waals surface area contributed by atoms with Crippen LogP contribution in [-0.2, 0) is 16.0 Å². The lowest BCUT2D eigenvalue weighted by molar-refractivity contribution is -0.204. The Hall–Kier alpha value is -2.58. The first kappa shape index (κ1) is 19.7. The highest BCUT2D eigenvalue weighted by Crippen LogP contribution is 2.34. The normalized spacial score (nSPS) is 20.5. The van der Waals surface area contributed by atoms with Crippen LogP contribution in [0.2, 0.25) is 0 Å². The highest BCUT2D eigenvalue weighted by molar-refractivity contribution is 6.08. The number of nitrogens with zero attached hydrogens (tertiary/aromatic N) is 1. The maximum atomic E-state index is 13.6. The number of hydrogen-bond acceptors (Lipinski definition) is 3. The van der Waals surface area contributed by atoms with E-state index in [1.165, 1.54) is 0 Å². The lowest BCUT2D eigenvalue weighted by Crippen LogP contribution is -2.69. The molecule has 6 nitrogen and oxygen atoms in total. The summed E-state index contributed by atoms with van der Waals surface area (Å²) >= 11 is 0. The Bertz CT molecular complexity index is 691. The molecular weight excluding hydrogens is 351 g/mol. The topological polar surface area (TPSA) is 78.5 Å². The Balaban J connectivity index is 2.20. The average Bonchev–Trinajstić information content (AvgIpc) is 2.76. The van der Waals surface area contributed by atoms with Crippen molar-refractivity contribution in [3.8, 4) is 0 Å². The van der Waals surface area contributed by atoms with Gasteiger partial charge in [-0.05, 0) is 17.9 Å². The van der Waals surface area contributed by atoms with Crippen molar-refractivity contribution in [2.75, 3.05) is 6.54 Å². The monoisotopic (exact) mass is 371 g/mol. The minimum Gasteiger partial charge on any atom is -0.318 e. The first-order chi connectivity index (χ1) is 12.1. The molecule has 1 unspecified atom stereocenters. The van der Waals surface area contributed by atoms with Gasteiger partial charge in [0.25, 0.3) is 11.6 Å². The fourth-order valence-corrected chi connectivity index (χ4v) is 2.64. The van der Waals surface area contributed by atoms with E-state index in [1.54, 1.807) is 54.8 Å². The molecule has 1 heterocycles. The van der Waals surface area contributed by atoms with Gasteiger partial charge in [0.2, 0.25) is 5.91 Å². The van der Waals surface area contributed by atoms with Crippen molar-refractivity contribution in [1.82, 2.24) is 15.5 Å². The van der Waals surface area contributed by atoms with Crippen molar-refractivity contribution in [3.63, 3.8) is 0 Å². The van der Waals surface area contributed by atoms with Gasteiger partial charge in [0, 0.05) is 13.0 Å². The van der Waals surface area contributed by atoms with Gasteiger partial charge in [0.15, 0.2) is 0 Å². The fraction of sp³-hybridized carbons (Fsp3) is 0.471. The Morgan fingerprint density at radius 3 is 2.38 bits per heavy atom. The van der Waals surface area contributed by atoms with Gasteiger partial charge in [-0.3, -0.25) is 19.8 Å². The van der Waals surface area contributed by atoms with Crippen LogP contribution in [0.3, 0.4) is 0 Å². The van der Waals surface area contributed by atoms with E-state index in [1.807, 2.05) is 0 Å². The van der Waals surface area contributed by atoms with Crippen LogP contribution in [0.15, 0.2) is 30.3 Å². The molecule has 0 aliphatic carbocycles. The predicted octanol–water partition coefficient (Wildman–Crippen LogP) is 2.20. The van der Waals surface area contributed by atoms with Crippen molar-refractivity contribution in [2.45, 2.75) is 38.5 Å². The Labute approximate surface area is 148 Å². The molecule has 9 heteroatoms. The number of imide groups is 1. The minimum atomic E-state index is -5.17. The largest absolute Gasteiger partial charge is 0.440 e. The highest BCUT2D eigenvalue weighted by Gasteiger charge is 2.68. The smallest absolute Gasteiger partial charge is 0.318 e. The van der Waals surface area contributed by atoms with Crippen LogP contribution < -0.4 is 10.6 Å². The second kappa shape index (κ2) is 7.35. The van der Waals surface area contributed by atoms with Gasteiger partial charge in [-0.1, -0.05) is 44.2 Å². The summed E-state index contributed by atoms with van der Waals surface area (Å²) in [5.74, 6) is -2.69. The average molecular weight is 371 g/mol. The summed E-state index contributed by atoms with van der Waals surface area (Å²) in [5, 5.41) is 3.31. The van der Waals surface area contributed by atoms with Gasteiger partial charge in [0.05, 0.1) is 0 Å². The molecule has 0 saturated carbocycles. The lowest BCUT2D eigenvalue weighted by atomic mass is 10.1. The zero-order valence-electron chi connectivity index (χ0n) is 14.4. The zero-order valence-corrected chi connectivity index (χ0v) is 14.4. The van der Waals surface area contributed by atoms with Crippen LogP contribution in [0.5, 0.6) is 0 Å². The number of carbonyl (C=O) groups is 3. The highest BCUT2D eigenvalue weighted by atomic mass is 19.4. The van der Waals surface area contributed by atoms with E-state index in [-0.39, 0.29) is 25.3 Å². The predicted molar refractivity (Wildman–Crippen MR) is 86.8 cm³/mol.